The third kappa shape index (κ3) is 8.31. The molecule has 0 bridgehead atoms. The molecule has 0 aliphatic carbocycles. The molecule has 1 aliphatic heterocycles. The van der Waals surface area contributed by atoms with Crippen LogP contribution in [-0.2, 0) is 22.3 Å². The molecule has 0 spiro atoms. The van der Waals surface area contributed by atoms with Crippen molar-refractivity contribution >= 4 is 0 Å². The molecule has 1 saturated heterocycles. The number of unbranched alkanes of at least 4 members (excludes halogenated alkanes) is 2. The van der Waals surface area contributed by atoms with Gasteiger partial charge in [0.25, 0.3) is 0 Å². The number of benzene rings is 4. The van der Waals surface area contributed by atoms with Crippen molar-refractivity contribution < 1.29 is 14.2 Å². The average molecular weight is 493 g/mol. The lowest BCUT2D eigenvalue weighted by molar-refractivity contribution is 0.112. The van der Waals surface area contributed by atoms with Gasteiger partial charge in [0.1, 0.15) is 11.9 Å². The van der Waals surface area contributed by atoms with Crippen LogP contribution in [0.25, 0.3) is 11.1 Å². The van der Waals surface area contributed by atoms with Gasteiger partial charge in [-0.25, -0.2) is 0 Å². The molecule has 0 radical (unpaired) electrons. The first-order valence-corrected chi connectivity index (χ1v) is 13.5. The van der Waals surface area contributed by atoms with Crippen molar-refractivity contribution in [2.45, 2.75) is 38.2 Å². The van der Waals surface area contributed by atoms with Crippen LogP contribution in [0, 0.1) is 0 Å². The van der Waals surface area contributed by atoms with Crippen LogP contribution in [0.4, 0.5) is 0 Å². The van der Waals surface area contributed by atoms with E-state index in [-0.39, 0.29) is 0 Å². The number of ether oxygens (including phenoxy) is 3. The van der Waals surface area contributed by atoms with Gasteiger partial charge in [-0.2, -0.15) is 0 Å². The largest absolute Gasteiger partial charge is 0.494 e. The Bertz CT molecular complexity index is 1210. The van der Waals surface area contributed by atoms with E-state index < -0.39 is 0 Å². The number of epoxide rings is 1. The van der Waals surface area contributed by atoms with Gasteiger partial charge in [0.2, 0.25) is 0 Å². The molecular weight excluding hydrogens is 456 g/mol. The maximum Gasteiger partial charge on any atom is 0.119 e. The van der Waals surface area contributed by atoms with Gasteiger partial charge in [0.15, 0.2) is 0 Å². The molecule has 190 valence electrons. The van der Waals surface area contributed by atoms with E-state index in [9.17, 15) is 0 Å². The third-order valence-electron chi connectivity index (χ3n) is 6.71. The van der Waals surface area contributed by atoms with Gasteiger partial charge < -0.3 is 14.2 Å². The van der Waals surface area contributed by atoms with E-state index in [1.54, 1.807) is 0 Å². The number of hydrogen-bond donors (Lipinski definition) is 0. The van der Waals surface area contributed by atoms with Crippen molar-refractivity contribution in [2.75, 3.05) is 26.4 Å². The summed E-state index contributed by atoms with van der Waals surface area (Å²) in [7, 11) is 0. The van der Waals surface area contributed by atoms with E-state index in [1.807, 2.05) is 6.07 Å². The van der Waals surface area contributed by atoms with Crippen molar-refractivity contribution in [1.29, 1.82) is 0 Å². The molecule has 4 aromatic carbocycles. The second kappa shape index (κ2) is 13.2. The zero-order valence-electron chi connectivity index (χ0n) is 21.5. The minimum absolute atomic E-state index is 0.356. The van der Waals surface area contributed by atoms with Gasteiger partial charge >= 0.3 is 0 Å². The average Bonchev–Trinajstić information content (AvgIpc) is 3.77. The molecule has 0 amide bonds. The molecular formula is C34H36O3. The van der Waals surface area contributed by atoms with Gasteiger partial charge in [-0.05, 0) is 77.6 Å². The van der Waals surface area contributed by atoms with Gasteiger partial charge in [-0.15, -0.1) is 0 Å². The van der Waals surface area contributed by atoms with Crippen LogP contribution >= 0.6 is 0 Å². The topological polar surface area (TPSA) is 31.0 Å². The van der Waals surface area contributed by atoms with E-state index in [2.05, 4.69) is 97.1 Å². The monoisotopic (exact) mass is 492 g/mol. The summed E-state index contributed by atoms with van der Waals surface area (Å²) in [6.45, 7) is 3.15. The molecule has 0 N–H and O–H groups in total. The van der Waals surface area contributed by atoms with Gasteiger partial charge in [-0.1, -0.05) is 91.0 Å². The quantitative estimate of drug-likeness (QED) is 0.135. The van der Waals surface area contributed by atoms with Crippen molar-refractivity contribution in [3.8, 4) is 16.9 Å². The predicted octanol–water partition coefficient (Wildman–Crippen LogP) is 7.50. The van der Waals surface area contributed by atoms with E-state index in [1.165, 1.54) is 33.4 Å². The molecule has 1 fully saturated rings. The lowest BCUT2D eigenvalue weighted by Crippen LogP contribution is -2.03. The first kappa shape index (κ1) is 25.3. The molecule has 0 saturated carbocycles. The zero-order valence-corrected chi connectivity index (χ0v) is 21.5. The summed E-state index contributed by atoms with van der Waals surface area (Å²) in [4.78, 5) is 0. The van der Waals surface area contributed by atoms with Crippen molar-refractivity contribution in [1.82, 2.24) is 0 Å². The molecule has 5 rings (SSSR count). The molecule has 37 heavy (non-hydrogen) atoms. The predicted molar refractivity (Wildman–Crippen MR) is 150 cm³/mol. The lowest BCUT2D eigenvalue weighted by atomic mass is 9.98. The van der Waals surface area contributed by atoms with Crippen LogP contribution in [0.2, 0.25) is 0 Å². The van der Waals surface area contributed by atoms with E-state index >= 15 is 0 Å². The number of rotatable bonds is 14. The minimum Gasteiger partial charge on any atom is -0.494 e. The Kier molecular flexibility index (Phi) is 9.03. The van der Waals surface area contributed by atoms with Gasteiger partial charge in [0.05, 0.1) is 19.8 Å². The molecule has 1 heterocycles. The lowest BCUT2D eigenvalue weighted by Gasteiger charge is -2.10. The van der Waals surface area contributed by atoms with E-state index in [0.717, 1.165) is 64.3 Å². The normalized spacial score (nSPS) is 14.4. The van der Waals surface area contributed by atoms with Crippen LogP contribution in [-0.4, -0.2) is 32.5 Å². The maximum absolute atomic E-state index is 6.01. The second-order valence-corrected chi connectivity index (χ2v) is 9.82. The summed E-state index contributed by atoms with van der Waals surface area (Å²) < 4.78 is 16.7. The fourth-order valence-corrected chi connectivity index (χ4v) is 4.47. The molecule has 3 heteroatoms. The molecule has 0 aromatic heterocycles. The summed E-state index contributed by atoms with van der Waals surface area (Å²) in [5.74, 6) is 0.930. The Balaban J connectivity index is 1.07. The van der Waals surface area contributed by atoms with Crippen molar-refractivity contribution in [2.24, 2.45) is 0 Å². The highest BCUT2D eigenvalue weighted by molar-refractivity contribution is 5.65. The molecule has 3 nitrogen and oxygen atoms in total. The smallest absolute Gasteiger partial charge is 0.119 e. The van der Waals surface area contributed by atoms with Crippen LogP contribution in [0.5, 0.6) is 5.75 Å². The van der Waals surface area contributed by atoms with Crippen LogP contribution in [0.1, 0.15) is 41.5 Å². The molecule has 1 atom stereocenters. The second-order valence-electron chi connectivity index (χ2n) is 9.82. The summed E-state index contributed by atoms with van der Waals surface area (Å²) >= 11 is 0. The Hall–Kier alpha value is -3.40. The first-order chi connectivity index (χ1) is 18.3. The van der Waals surface area contributed by atoms with E-state index in [0.29, 0.717) is 6.10 Å². The Morgan fingerprint density at radius 3 is 1.89 bits per heavy atom. The Morgan fingerprint density at radius 2 is 1.22 bits per heavy atom. The minimum atomic E-state index is 0.356. The summed E-state index contributed by atoms with van der Waals surface area (Å²) in [6, 6.07) is 36.9. The maximum atomic E-state index is 6.01. The highest BCUT2D eigenvalue weighted by Crippen LogP contribution is 2.25. The SMILES string of the molecule is c1ccc(Cc2ccc(Cc3ccc(-c4cccc(OCCCCCOCC5CO5)c4)cc3)cc2)cc1. The Labute approximate surface area is 221 Å². The fourth-order valence-electron chi connectivity index (χ4n) is 4.47. The molecule has 1 aliphatic rings. The standard InChI is InChI=1S/C34H36O3/c1-3-8-27(9-4-1)22-28-12-14-29(15-13-28)23-30-16-18-31(19-17-30)32-10-7-11-33(24-32)36-21-6-2-5-20-35-25-34-26-37-34/h1,3-4,7-19,24,34H,2,5-6,20-23,25-26H2. The summed E-state index contributed by atoms with van der Waals surface area (Å²) in [5, 5.41) is 0. The third-order valence-corrected chi connectivity index (χ3v) is 6.71. The van der Waals surface area contributed by atoms with Crippen LogP contribution in [0.15, 0.2) is 103 Å². The number of hydrogen-bond acceptors (Lipinski definition) is 3. The highest BCUT2D eigenvalue weighted by atomic mass is 16.6. The summed E-state index contributed by atoms with van der Waals surface area (Å²) in [6.07, 6.45) is 5.49. The Morgan fingerprint density at radius 1 is 0.595 bits per heavy atom. The first-order valence-electron chi connectivity index (χ1n) is 13.5. The highest BCUT2D eigenvalue weighted by Gasteiger charge is 2.21. The van der Waals surface area contributed by atoms with Gasteiger partial charge in [-0.3, -0.25) is 0 Å². The fraction of sp³-hybridized carbons (Fsp3) is 0.294. The van der Waals surface area contributed by atoms with Crippen molar-refractivity contribution in [3.63, 3.8) is 0 Å². The van der Waals surface area contributed by atoms with Crippen molar-refractivity contribution in [3.05, 3.63) is 125 Å². The van der Waals surface area contributed by atoms with Crippen LogP contribution in [0.3, 0.4) is 0 Å². The zero-order chi connectivity index (χ0) is 25.1. The molecule has 1 unspecified atom stereocenters. The van der Waals surface area contributed by atoms with Crippen LogP contribution < -0.4 is 4.74 Å². The van der Waals surface area contributed by atoms with Gasteiger partial charge in [0, 0.05) is 6.61 Å². The molecule has 4 aromatic rings. The van der Waals surface area contributed by atoms with E-state index in [4.69, 9.17) is 14.2 Å². The summed E-state index contributed by atoms with van der Waals surface area (Å²) in [5.41, 5.74) is 7.75.